The highest BCUT2D eigenvalue weighted by Gasteiger charge is 2.27. The van der Waals surface area contributed by atoms with Crippen LogP contribution in [-0.2, 0) is 27.1 Å². The maximum Gasteiger partial charge on any atom is 0.341 e. The molecule has 0 fully saturated rings. The first-order chi connectivity index (χ1) is 13.0. The molecule has 0 radical (unpaired) electrons. The number of ether oxygens (including phenoxy) is 2. The number of hydrogen-bond donors (Lipinski definition) is 1. The summed E-state index contributed by atoms with van der Waals surface area (Å²) >= 11 is 7.10. The molecule has 0 unspecified atom stereocenters. The molecule has 3 rings (SSSR count). The third-order valence-corrected chi connectivity index (χ3v) is 5.52. The zero-order valence-corrected chi connectivity index (χ0v) is 16.1. The molecular weight excluding hydrogens is 392 g/mol. The van der Waals surface area contributed by atoms with Crippen LogP contribution in [0.4, 0.5) is 5.00 Å². The van der Waals surface area contributed by atoms with Crippen LogP contribution < -0.4 is 5.32 Å². The fourth-order valence-corrected chi connectivity index (χ4v) is 4.35. The summed E-state index contributed by atoms with van der Waals surface area (Å²) in [5.74, 6) is -1.70. The number of esters is 2. The summed E-state index contributed by atoms with van der Waals surface area (Å²) in [4.78, 5) is 41.2. The van der Waals surface area contributed by atoms with Crippen LogP contribution >= 0.6 is 22.9 Å². The Balaban J connectivity index is 1.68. The lowest BCUT2D eigenvalue weighted by Crippen LogP contribution is -2.21. The van der Waals surface area contributed by atoms with Crippen LogP contribution in [0.5, 0.6) is 0 Å². The molecular formula is C18H17ClN2O5S. The zero-order valence-electron chi connectivity index (χ0n) is 14.5. The topological polar surface area (TPSA) is 94.6 Å². The van der Waals surface area contributed by atoms with Crippen LogP contribution in [0, 0.1) is 0 Å². The number of hydrogen-bond acceptors (Lipinski definition) is 7. The van der Waals surface area contributed by atoms with Gasteiger partial charge >= 0.3 is 11.9 Å². The summed E-state index contributed by atoms with van der Waals surface area (Å²) in [5.41, 5.74) is 1.54. The van der Waals surface area contributed by atoms with E-state index < -0.39 is 24.5 Å². The van der Waals surface area contributed by atoms with Crippen LogP contribution in [0.3, 0.4) is 0 Å². The monoisotopic (exact) mass is 408 g/mol. The maximum atomic E-state index is 12.2. The molecule has 27 heavy (non-hydrogen) atoms. The van der Waals surface area contributed by atoms with Gasteiger partial charge in [-0.15, -0.1) is 11.3 Å². The predicted octanol–water partition coefficient (Wildman–Crippen LogP) is 3.26. The Kier molecular flexibility index (Phi) is 6.08. The molecule has 9 heteroatoms. The standard InChI is InChI=1S/C18H17ClN2O5S/c1-25-18(24)15-11-4-2-3-5-12(11)27-16(15)21-14(22)9-26-17(23)10-6-7-20-13(19)8-10/h6-8H,2-5,9H2,1H3,(H,21,22). The SMILES string of the molecule is COC(=O)c1c(NC(=O)COC(=O)c2ccnc(Cl)c2)sc2c1CCCC2. The molecule has 0 aliphatic heterocycles. The Morgan fingerprint density at radius 1 is 1.26 bits per heavy atom. The summed E-state index contributed by atoms with van der Waals surface area (Å²) < 4.78 is 9.86. The van der Waals surface area contributed by atoms with Gasteiger partial charge in [0.2, 0.25) is 0 Å². The summed E-state index contributed by atoms with van der Waals surface area (Å²) in [5, 5.41) is 3.25. The number of carbonyl (C=O) groups is 3. The van der Waals surface area contributed by atoms with Gasteiger partial charge in [0.15, 0.2) is 6.61 Å². The normalized spacial score (nSPS) is 12.8. The van der Waals surface area contributed by atoms with Gasteiger partial charge in [0.25, 0.3) is 5.91 Å². The van der Waals surface area contributed by atoms with Crippen molar-refractivity contribution >= 4 is 45.8 Å². The number of halogens is 1. The number of amides is 1. The van der Waals surface area contributed by atoms with Crippen molar-refractivity contribution in [3.8, 4) is 0 Å². The van der Waals surface area contributed by atoms with Crippen LogP contribution in [0.1, 0.15) is 44.0 Å². The van der Waals surface area contributed by atoms with Gasteiger partial charge in [-0.05, 0) is 43.4 Å². The molecule has 0 atom stereocenters. The quantitative estimate of drug-likeness (QED) is 0.602. The Labute approximate surface area is 164 Å². The van der Waals surface area contributed by atoms with E-state index in [9.17, 15) is 14.4 Å². The number of rotatable bonds is 5. The Morgan fingerprint density at radius 2 is 2.04 bits per heavy atom. The first kappa shape index (κ1) is 19.3. The van der Waals surface area contributed by atoms with Crippen LogP contribution in [0.2, 0.25) is 5.15 Å². The second kappa shape index (κ2) is 8.49. The smallest absolute Gasteiger partial charge is 0.341 e. The number of pyridine rings is 1. The van der Waals surface area contributed by atoms with E-state index in [1.807, 2.05) is 0 Å². The fraction of sp³-hybridized carbons (Fsp3) is 0.333. The predicted molar refractivity (Wildman–Crippen MR) is 100 cm³/mol. The fourth-order valence-electron chi connectivity index (χ4n) is 2.88. The number of fused-ring (bicyclic) bond motifs is 1. The summed E-state index contributed by atoms with van der Waals surface area (Å²) in [6.45, 7) is -0.484. The average Bonchev–Trinajstić information content (AvgIpc) is 3.03. The van der Waals surface area contributed by atoms with E-state index in [0.717, 1.165) is 36.1 Å². The highest BCUT2D eigenvalue weighted by molar-refractivity contribution is 7.17. The van der Waals surface area contributed by atoms with E-state index in [-0.39, 0.29) is 10.7 Å². The Morgan fingerprint density at radius 3 is 2.78 bits per heavy atom. The first-order valence-electron chi connectivity index (χ1n) is 8.31. The van der Waals surface area contributed by atoms with Crippen molar-refractivity contribution in [3.05, 3.63) is 45.1 Å². The molecule has 1 aliphatic rings. The van der Waals surface area contributed by atoms with E-state index >= 15 is 0 Å². The van der Waals surface area contributed by atoms with Crippen molar-refractivity contribution in [1.82, 2.24) is 4.98 Å². The van der Waals surface area contributed by atoms with E-state index in [2.05, 4.69) is 10.3 Å². The van der Waals surface area contributed by atoms with Crippen molar-refractivity contribution in [1.29, 1.82) is 0 Å². The van der Waals surface area contributed by atoms with Gasteiger partial charge in [0, 0.05) is 11.1 Å². The second-order valence-corrected chi connectivity index (χ2v) is 7.39. The van der Waals surface area contributed by atoms with Crippen molar-refractivity contribution in [2.45, 2.75) is 25.7 Å². The number of carbonyl (C=O) groups excluding carboxylic acids is 3. The molecule has 0 saturated heterocycles. The number of thiophene rings is 1. The molecule has 0 saturated carbocycles. The molecule has 2 aromatic rings. The van der Waals surface area contributed by atoms with Crippen LogP contribution in [0.25, 0.3) is 0 Å². The molecule has 1 N–H and O–H groups in total. The Bertz CT molecular complexity index is 896. The number of anilines is 1. The second-order valence-electron chi connectivity index (χ2n) is 5.90. The minimum atomic E-state index is -0.687. The van der Waals surface area contributed by atoms with E-state index in [1.54, 1.807) is 0 Å². The average molecular weight is 409 g/mol. The Hall–Kier alpha value is -2.45. The van der Waals surface area contributed by atoms with Gasteiger partial charge in [-0.2, -0.15) is 0 Å². The summed E-state index contributed by atoms with van der Waals surface area (Å²) in [6.07, 6.45) is 5.07. The molecule has 1 aliphatic carbocycles. The number of nitrogens with zero attached hydrogens (tertiary/aromatic N) is 1. The molecule has 2 heterocycles. The first-order valence-corrected chi connectivity index (χ1v) is 9.50. The molecule has 2 aromatic heterocycles. The minimum absolute atomic E-state index is 0.154. The van der Waals surface area contributed by atoms with E-state index in [1.165, 1.54) is 36.8 Å². The van der Waals surface area contributed by atoms with Gasteiger partial charge < -0.3 is 14.8 Å². The third-order valence-electron chi connectivity index (χ3n) is 4.11. The largest absolute Gasteiger partial charge is 0.465 e. The van der Waals surface area contributed by atoms with E-state index in [0.29, 0.717) is 10.6 Å². The number of aryl methyl sites for hydroxylation is 1. The van der Waals surface area contributed by atoms with Gasteiger partial charge in [0.05, 0.1) is 18.2 Å². The lowest BCUT2D eigenvalue weighted by molar-refractivity contribution is -0.119. The minimum Gasteiger partial charge on any atom is -0.465 e. The highest BCUT2D eigenvalue weighted by atomic mass is 35.5. The van der Waals surface area contributed by atoms with E-state index in [4.69, 9.17) is 21.1 Å². The van der Waals surface area contributed by atoms with Gasteiger partial charge in [-0.1, -0.05) is 11.6 Å². The van der Waals surface area contributed by atoms with Crippen molar-refractivity contribution in [2.75, 3.05) is 19.0 Å². The van der Waals surface area contributed by atoms with Gasteiger partial charge in [-0.3, -0.25) is 4.79 Å². The number of nitrogens with one attached hydrogen (secondary N) is 1. The summed E-state index contributed by atoms with van der Waals surface area (Å²) in [6, 6.07) is 2.79. The third kappa shape index (κ3) is 4.45. The van der Waals surface area contributed by atoms with Crippen molar-refractivity contribution in [2.24, 2.45) is 0 Å². The lowest BCUT2D eigenvalue weighted by atomic mass is 9.95. The zero-order chi connectivity index (χ0) is 19.4. The summed E-state index contributed by atoms with van der Waals surface area (Å²) in [7, 11) is 1.31. The van der Waals surface area contributed by atoms with Crippen LogP contribution in [-0.4, -0.2) is 36.5 Å². The van der Waals surface area contributed by atoms with Gasteiger partial charge in [0.1, 0.15) is 10.2 Å². The van der Waals surface area contributed by atoms with Crippen molar-refractivity contribution in [3.63, 3.8) is 0 Å². The van der Waals surface area contributed by atoms with Gasteiger partial charge in [-0.25, -0.2) is 14.6 Å². The van der Waals surface area contributed by atoms with Crippen LogP contribution in [0.15, 0.2) is 18.3 Å². The molecule has 0 spiro atoms. The highest BCUT2D eigenvalue weighted by Crippen LogP contribution is 2.38. The maximum absolute atomic E-state index is 12.2. The van der Waals surface area contributed by atoms with Crippen molar-refractivity contribution < 1.29 is 23.9 Å². The molecule has 0 aromatic carbocycles. The number of aromatic nitrogens is 1. The molecule has 1 amide bonds. The lowest BCUT2D eigenvalue weighted by Gasteiger charge is -2.11. The number of methoxy groups -OCH3 is 1. The molecule has 0 bridgehead atoms. The molecule has 7 nitrogen and oxygen atoms in total. The molecule has 142 valence electrons.